The van der Waals surface area contributed by atoms with Gasteiger partial charge in [0, 0.05) is 20.1 Å². The number of hydrazine groups is 1. The zero-order chi connectivity index (χ0) is 28.3. The zero-order valence-corrected chi connectivity index (χ0v) is 22.1. The van der Waals surface area contributed by atoms with Crippen molar-refractivity contribution in [2.75, 3.05) is 27.2 Å². The monoisotopic (exact) mass is 547 g/mol. The fourth-order valence-electron chi connectivity index (χ4n) is 5.07. The number of piperazine rings is 1. The second-order valence-electron chi connectivity index (χ2n) is 9.67. The molecule has 12 heteroatoms. The summed E-state index contributed by atoms with van der Waals surface area (Å²) in [6.07, 6.45) is -4.36. The number of hydrogen-bond donors (Lipinski definition) is 1. The SMILES string of the molecule is CCC[C@H]1C(=O)N(Cc2cccc(C(F)(F)F)c2)C[C@H]2N1C(=O)CN(C)N2C(=O)NCc1ccc(OC)cc1. The van der Waals surface area contributed by atoms with Crippen LogP contribution in [-0.4, -0.2) is 77.1 Å². The molecule has 39 heavy (non-hydrogen) atoms. The topological polar surface area (TPSA) is 85.4 Å². The average Bonchev–Trinajstić information content (AvgIpc) is 2.89. The number of carbonyl (C=O) groups excluding carboxylic acids is 3. The number of methoxy groups -OCH3 is 1. The van der Waals surface area contributed by atoms with Crippen LogP contribution >= 0.6 is 0 Å². The van der Waals surface area contributed by atoms with E-state index in [-0.39, 0.29) is 38.0 Å². The summed E-state index contributed by atoms with van der Waals surface area (Å²) in [6, 6.07) is 10.8. The van der Waals surface area contributed by atoms with Gasteiger partial charge in [-0.25, -0.2) is 14.8 Å². The fourth-order valence-corrected chi connectivity index (χ4v) is 5.07. The van der Waals surface area contributed by atoms with Crippen LogP contribution in [-0.2, 0) is 28.9 Å². The number of urea groups is 1. The van der Waals surface area contributed by atoms with Gasteiger partial charge in [-0.3, -0.25) is 9.59 Å². The summed E-state index contributed by atoms with van der Waals surface area (Å²) in [7, 11) is 3.18. The number of carbonyl (C=O) groups is 3. The number of halogens is 3. The lowest BCUT2D eigenvalue weighted by Gasteiger charge is -2.54. The number of ether oxygens (including phenoxy) is 1. The highest BCUT2D eigenvalue weighted by molar-refractivity contribution is 5.91. The number of nitrogens with one attached hydrogen (secondary N) is 1. The van der Waals surface area contributed by atoms with Gasteiger partial charge in [-0.2, -0.15) is 13.2 Å². The van der Waals surface area contributed by atoms with Gasteiger partial charge in [0.15, 0.2) is 0 Å². The predicted octanol–water partition coefficient (Wildman–Crippen LogP) is 3.45. The first-order valence-corrected chi connectivity index (χ1v) is 12.7. The first kappa shape index (κ1) is 28.2. The first-order chi connectivity index (χ1) is 18.5. The van der Waals surface area contributed by atoms with E-state index in [4.69, 9.17) is 4.74 Å². The van der Waals surface area contributed by atoms with E-state index in [0.717, 1.165) is 17.7 Å². The molecule has 2 aromatic carbocycles. The van der Waals surface area contributed by atoms with Crippen LogP contribution in [0, 0.1) is 0 Å². The Kier molecular flexibility index (Phi) is 8.34. The molecule has 1 N–H and O–H groups in total. The van der Waals surface area contributed by atoms with Gasteiger partial charge in [-0.05, 0) is 41.8 Å². The number of rotatable bonds is 7. The molecule has 2 fully saturated rings. The Morgan fingerprint density at radius 3 is 2.46 bits per heavy atom. The maximum atomic E-state index is 13.5. The van der Waals surface area contributed by atoms with E-state index in [9.17, 15) is 27.6 Å². The van der Waals surface area contributed by atoms with Crippen LogP contribution in [0.2, 0.25) is 0 Å². The Hall–Kier alpha value is -3.80. The van der Waals surface area contributed by atoms with E-state index in [1.165, 1.54) is 32.0 Å². The van der Waals surface area contributed by atoms with Gasteiger partial charge in [0.25, 0.3) is 0 Å². The molecule has 0 aromatic heterocycles. The molecule has 0 saturated carbocycles. The van der Waals surface area contributed by atoms with E-state index in [2.05, 4.69) is 5.32 Å². The molecular weight excluding hydrogens is 515 g/mol. The Morgan fingerprint density at radius 1 is 1.10 bits per heavy atom. The third-order valence-corrected chi connectivity index (χ3v) is 6.94. The van der Waals surface area contributed by atoms with Crippen LogP contribution in [0.1, 0.15) is 36.5 Å². The molecule has 4 amide bonds. The maximum Gasteiger partial charge on any atom is 0.416 e. The maximum absolute atomic E-state index is 13.5. The highest BCUT2D eigenvalue weighted by atomic mass is 19.4. The van der Waals surface area contributed by atoms with Crippen molar-refractivity contribution in [3.63, 3.8) is 0 Å². The molecule has 2 atom stereocenters. The second kappa shape index (κ2) is 11.5. The Bertz CT molecular complexity index is 1210. The molecular formula is C27H32F3N5O4. The van der Waals surface area contributed by atoms with E-state index >= 15 is 0 Å². The molecule has 2 saturated heterocycles. The van der Waals surface area contributed by atoms with Crippen molar-refractivity contribution >= 4 is 17.8 Å². The molecule has 0 unspecified atom stereocenters. The van der Waals surface area contributed by atoms with E-state index in [1.54, 1.807) is 26.3 Å². The van der Waals surface area contributed by atoms with E-state index < -0.39 is 30.0 Å². The van der Waals surface area contributed by atoms with Gasteiger partial charge >= 0.3 is 12.2 Å². The summed E-state index contributed by atoms with van der Waals surface area (Å²) in [5.41, 5.74) is 0.349. The Morgan fingerprint density at radius 2 is 1.82 bits per heavy atom. The van der Waals surface area contributed by atoms with Crippen LogP contribution < -0.4 is 10.1 Å². The van der Waals surface area contributed by atoms with Crippen molar-refractivity contribution in [1.29, 1.82) is 0 Å². The molecule has 0 aliphatic carbocycles. The summed E-state index contributed by atoms with van der Waals surface area (Å²) >= 11 is 0. The lowest BCUT2D eigenvalue weighted by molar-refractivity contribution is -0.188. The largest absolute Gasteiger partial charge is 0.497 e. The first-order valence-electron chi connectivity index (χ1n) is 12.7. The number of likely N-dealkylation sites (N-methyl/N-ethyl adjacent to an activating group) is 1. The van der Waals surface area contributed by atoms with Gasteiger partial charge in [0.1, 0.15) is 18.0 Å². The summed E-state index contributed by atoms with van der Waals surface area (Å²) in [5, 5.41) is 5.79. The van der Waals surface area contributed by atoms with Gasteiger partial charge < -0.3 is 19.9 Å². The van der Waals surface area contributed by atoms with Gasteiger partial charge in [-0.15, -0.1) is 0 Å². The predicted molar refractivity (Wildman–Crippen MR) is 136 cm³/mol. The quantitative estimate of drug-likeness (QED) is 0.574. The summed E-state index contributed by atoms with van der Waals surface area (Å²) in [5.74, 6) is 0.0546. The Labute approximate surface area is 225 Å². The van der Waals surface area contributed by atoms with Crippen LogP contribution in [0.25, 0.3) is 0 Å². The molecule has 210 valence electrons. The average molecular weight is 548 g/mol. The van der Waals surface area contributed by atoms with Crippen molar-refractivity contribution in [1.82, 2.24) is 25.1 Å². The molecule has 9 nitrogen and oxygen atoms in total. The van der Waals surface area contributed by atoms with Crippen LogP contribution in [0.5, 0.6) is 5.75 Å². The van der Waals surface area contributed by atoms with Gasteiger partial charge in [-0.1, -0.05) is 37.6 Å². The smallest absolute Gasteiger partial charge is 0.416 e. The molecule has 4 rings (SSSR count). The van der Waals surface area contributed by atoms with E-state index in [1.807, 2.05) is 19.1 Å². The van der Waals surface area contributed by atoms with Crippen molar-refractivity contribution in [3.05, 3.63) is 65.2 Å². The number of benzene rings is 2. The van der Waals surface area contributed by atoms with Crippen molar-refractivity contribution in [2.45, 2.75) is 51.2 Å². The summed E-state index contributed by atoms with van der Waals surface area (Å²) in [4.78, 5) is 42.9. The van der Waals surface area contributed by atoms with Crippen molar-refractivity contribution in [2.24, 2.45) is 0 Å². The number of amides is 4. The number of nitrogens with zero attached hydrogens (tertiary/aromatic N) is 4. The second-order valence-corrected chi connectivity index (χ2v) is 9.67. The van der Waals surface area contributed by atoms with Crippen LogP contribution in [0.3, 0.4) is 0 Å². The molecule has 2 aliphatic heterocycles. The molecule has 0 radical (unpaired) electrons. The van der Waals surface area contributed by atoms with Crippen LogP contribution in [0.4, 0.5) is 18.0 Å². The molecule has 2 aliphatic rings. The lowest BCUT2D eigenvalue weighted by Crippen LogP contribution is -2.75. The molecule has 0 spiro atoms. The fraction of sp³-hybridized carbons (Fsp3) is 0.444. The lowest BCUT2D eigenvalue weighted by atomic mass is 10.0. The van der Waals surface area contributed by atoms with Crippen molar-refractivity contribution < 1.29 is 32.3 Å². The third kappa shape index (κ3) is 6.11. The minimum Gasteiger partial charge on any atom is -0.497 e. The van der Waals surface area contributed by atoms with Crippen molar-refractivity contribution in [3.8, 4) is 5.75 Å². The number of alkyl halides is 3. The number of fused-ring (bicyclic) bond motifs is 1. The molecule has 2 heterocycles. The third-order valence-electron chi connectivity index (χ3n) is 6.94. The summed E-state index contributed by atoms with van der Waals surface area (Å²) in [6.45, 7) is 1.90. The minimum atomic E-state index is -4.51. The normalized spacial score (nSPS) is 20.2. The highest BCUT2D eigenvalue weighted by Gasteiger charge is 2.50. The van der Waals surface area contributed by atoms with Gasteiger partial charge in [0.05, 0.1) is 25.8 Å². The minimum absolute atomic E-state index is 0.0403. The van der Waals surface area contributed by atoms with Gasteiger partial charge in [0.2, 0.25) is 11.8 Å². The van der Waals surface area contributed by atoms with E-state index in [0.29, 0.717) is 24.2 Å². The Balaban J connectivity index is 1.58. The standard InChI is InChI=1S/C27H32F3N5O4/c1-4-6-22-25(37)33(15-19-7-5-8-20(13-19)27(28,29)30)16-23-34(22)24(36)17-32(2)35(23)26(38)31-14-18-9-11-21(39-3)12-10-18/h5,7-13,22-23H,4,6,14-17H2,1-3H3,(H,31,38)/t22-,23-/m0/s1. The summed E-state index contributed by atoms with van der Waals surface area (Å²) < 4.78 is 45.0. The zero-order valence-electron chi connectivity index (χ0n) is 22.1. The molecule has 0 bridgehead atoms. The number of hydrogen-bond acceptors (Lipinski definition) is 5. The van der Waals surface area contributed by atoms with Crippen LogP contribution in [0.15, 0.2) is 48.5 Å². The highest BCUT2D eigenvalue weighted by Crippen LogP contribution is 2.32. The molecule has 2 aromatic rings.